The molecule has 1 amide bonds. The van der Waals surface area contributed by atoms with Crippen LogP contribution < -0.4 is 9.47 Å². The van der Waals surface area contributed by atoms with Crippen molar-refractivity contribution in [3.8, 4) is 17.2 Å². The molecular formula is C23H27NO5. The van der Waals surface area contributed by atoms with Gasteiger partial charge in [0.05, 0.1) is 13.2 Å². The number of hydrogen-bond acceptors (Lipinski definition) is 5. The van der Waals surface area contributed by atoms with Crippen molar-refractivity contribution in [3.05, 3.63) is 53.6 Å². The van der Waals surface area contributed by atoms with Crippen molar-refractivity contribution in [2.75, 3.05) is 20.2 Å². The highest BCUT2D eigenvalue weighted by atomic mass is 16.5. The monoisotopic (exact) mass is 397 g/mol. The summed E-state index contributed by atoms with van der Waals surface area (Å²) in [6, 6.07) is 11.5. The van der Waals surface area contributed by atoms with E-state index < -0.39 is 0 Å². The molecule has 0 aliphatic carbocycles. The molecule has 6 nitrogen and oxygen atoms in total. The van der Waals surface area contributed by atoms with Crippen LogP contribution in [0.5, 0.6) is 17.2 Å². The Labute approximate surface area is 171 Å². The zero-order valence-corrected chi connectivity index (χ0v) is 17.1. The van der Waals surface area contributed by atoms with Gasteiger partial charge in [-0.25, -0.2) is 0 Å². The third kappa shape index (κ3) is 4.88. The SMILES string of the molecule is COc1cc(C(=O)N2CCC(C(=O)c3ccc(O)cc3)CC2)ccc1OC(C)C. The maximum absolute atomic E-state index is 12.9. The molecule has 1 fully saturated rings. The minimum absolute atomic E-state index is 0.00981. The molecule has 1 aliphatic heterocycles. The summed E-state index contributed by atoms with van der Waals surface area (Å²) < 4.78 is 11.1. The second-order valence-electron chi connectivity index (χ2n) is 7.51. The van der Waals surface area contributed by atoms with Crippen molar-refractivity contribution in [2.24, 2.45) is 5.92 Å². The number of phenols is 1. The van der Waals surface area contributed by atoms with Crippen LogP contribution >= 0.6 is 0 Å². The van der Waals surface area contributed by atoms with E-state index >= 15 is 0 Å². The number of ether oxygens (including phenoxy) is 2. The van der Waals surface area contributed by atoms with E-state index in [1.807, 2.05) is 13.8 Å². The lowest BCUT2D eigenvalue weighted by molar-refractivity contribution is 0.0650. The highest BCUT2D eigenvalue weighted by molar-refractivity contribution is 5.98. The number of hydrogen-bond donors (Lipinski definition) is 1. The van der Waals surface area contributed by atoms with Gasteiger partial charge in [-0.3, -0.25) is 9.59 Å². The largest absolute Gasteiger partial charge is 0.508 e. The number of nitrogens with zero attached hydrogens (tertiary/aromatic N) is 1. The minimum atomic E-state index is -0.111. The van der Waals surface area contributed by atoms with Crippen molar-refractivity contribution in [1.82, 2.24) is 4.90 Å². The summed E-state index contributed by atoms with van der Waals surface area (Å²) in [6.07, 6.45) is 1.25. The van der Waals surface area contributed by atoms with Crippen LogP contribution in [-0.2, 0) is 0 Å². The average molecular weight is 397 g/mol. The van der Waals surface area contributed by atoms with E-state index in [-0.39, 0.29) is 29.5 Å². The Kier molecular flexibility index (Phi) is 6.42. The van der Waals surface area contributed by atoms with Crippen molar-refractivity contribution >= 4 is 11.7 Å². The Balaban J connectivity index is 1.64. The van der Waals surface area contributed by atoms with Crippen LogP contribution in [0.3, 0.4) is 0 Å². The highest BCUT2D eigenvalue weighted by Crippen LogP contribution is 2.30. The summed E-state index contributed by atoms with van der Waals surface area (Å²) in [5.41, 5.74) is 1.14. The molecule has 0 bridgehead atoms. The van der Waals surface area contributed by atoms with E-state index in [1.54, 1.807) is 42.3 Å². The lowest BCUT2D eigenvalue weighted by Crippen LogP contribution is -2.40. The smallest absolute Gasteiger partial charge is 0.253 e. The molecule has 0 aromatic heterocycles. The molecule has 29 heavy (non-hydrogen) atoms. The predicted octanol–water partition coefficient (Wildman–Crippen LogP) is 3.92. The van der Waals surface area contributed by atoms with Crippen molar-refractivity contribution in [1.29, 1.82) is 0 Å². The first-order valence-electron chi connectivity index (χ1n) is 9.86. The molecule has 0 radical (unpaired) electrons. The Bertz CT molecular complexity index is 867. The van der Waals surface area contributed by atoms with Crippen LogP contribution in [0, 0.1) is 5.92 Å². The van der Waals surface area contributed by atoms with E-state index in [0.29, 0.717) is 48.6 Å². The molecule has 0 unspecified atom stereocenters. The second-order valence-corrected chi connectivity index (χ2v) is 7.51. The van der Waals surface area contributed by atoms with Gasteiger partial charge in [0.1, 0.15) is 5.75 Å². The molecule has 1 aliphatic rings. The lowest BCUT2D eigenvalue weighted by atomic mass is 9.88. The molecule has 1 saturated heterocycles. The Morgan fingerprint density at radius 1 is 1.00 bits per heavy atom. The quantitative estimate of drug-likeness (QED) is 0.748. The summed E-state index contributed by atoms with van der Waals surface area (Å²) in [4.78, 5) is 27.3. The fourth-order valence-electron chi connectivity index (χ4n) is 3.54. The van der Waals surface area contributed by atoms with Gasteiger partial charge in [-0.15, -0.1) is 0 Å². The van der Waals surface area contributed by atoms with E-state index in [0.717, 1.165) is 0 Å². The second kappa shape index (κ2) is 8.99. The first-order chi connectivity index (χ1) is 13.9. The molecule has 3 rings (SSSR count). The van der Waals surface area contributed by atoms with E-state index in [2.05, 4.69) is 0 Å². The molecular weight excluding hydrogens is 370 g/mol. The zero-order valence-electron chi connectivity index (χ0n) is 17.1. The van der Waals surface area contributed by atoms with E-state index in [9.17, 15) is 14.7 Å². The maximum atomic E-state index is 12.9. The van der Waals surface area contributed by atoms with E-state index in [4.69, 9.17) is 9.47 Å². The number of amides is 1. The van der Waals surface area contributed by atoms with Crippen LogP contribution in [0.25, 0.3) is 0 Å². The minimum Gasteiger partial charge on any atom is -0.508 e. The zero-order chi connectivity index (χ0) is 21.0. The van der Waals surface area contributed by atoms with Gasteiger partial charge < -0.3 is 19.5 Å². The number of carbonyl (C=O) groups is 2. The Morgan fingerprint density at radius 3 is 2.21 bits per heavy atom. The van der Waals surface area contributed by atoms with Gasteiger partial charge in [0, 0.05) is 30.1 Å². The lowest BCUT2D eigenvalue weighted by Gasteiger charge is -2.31. The van der Waals surface area contributed by atoms with Crippen molar-refractivity contribution < 1.29 is 24.2 Å². The normalized spacial score (nSPS) is 14.7. The number of aromatic hydroxyl groups is 1. The fraction of sp³-hybridized carbons (Fsp3) is 0.391. The van der Waals surface area contributed by atoms with Gasteiger partial charge in [0.2, 0.25) is 0 Å². The molecule has 154 valence electrons. The number of Topliss-reactive ketones (excluding diaryl/α,β-unsaturated/α-hetero) is 1. The molecule has 0 saturated carbocycles. The van der Waals surface area contributed by atoms with Gasteiger partial charge in [0.15, 0.2) is 17.3 Å². The van der Waals surface area contributed by atoms with Crippen LogP contribution in [0.4, 0.5) is 0 Å². The van der Waals surface area contributed by atoms with Gasteiger partial charge in [0.25, 0.3) is 5.91 Å². The summed E-state index contributed by atoms with van der Waals surface area (Å²) in [5.74, 6) is 1.16. The third-order valence-corrected chi connectivity index (χ3v) is 5.08. The fourth-order valence-corrected chi connectivity index (χ4v) is 3.54. The van der Waals surface area contributed by atoms with E-state index in [1.165, 1.54) is 12.1 Å². The predicted molar refractivity (Wildman–Crippen MR) is 110 cm³/mol. The maximum Gasteiger partial charge on any atom is 0.253 e. The van der Waals surface area contributed by atoms with Crippen LogP contribution in [0.15, 0.2) is 42.5 Å². The molecule has 0 atom stereocenters. The number of benzene rings is 2. The first-order valence-corrected chi connectivity index (χ1v) is 9.86. The summed E-state index contributed by atoms with van der Waals surface area (Å²) in [5, 5.41) is 9.38. The summed E-state index contributed by atoms with van der Waals surface area (Å²) >= 11 is 0. The van der Waals surface area contributed by atoms with Crippen LogP contribution in [0.1, 0.15) is 47.4 Å². The number of piperidine rings is 1. The van der Waals surface area contributed by atoms with Gasteiger partial charge in [-0.1, -0.05) is 0 Å². The van der Waals surface area contributed by atoms with Gasteiger partial charge >= 0.3 is 0 Å². The molecule has 0 spiro atoms. The third-order valence-electron chi connectivity index (χ3n) is 5.08. The number of carbonyl (C=O) groups excluding carboxylic acids is 2. The molecule has 2 aromatic carbocycles. The molecule has 2 aromatic rings. The highest BCUT2D eigenvalue weighted by Gasteiger charge is 2.28. The standard InChI is InChI=1S/C23H27NO5/c1-15(2)29-20-9-6-18(14-21(20)28-3)23(27)24-12-10-17(11-13-24)22(26)16-4-7-19(25)8-5-16/h4-9,14-15,17,25H,10-13H2,1-3H3. The molecule has 1 N–H and O–H groups in total. The van der Waals surface area contributed by atoms with Crippen molar-refractivity contribution in [2.45, 2.75) is 32.8 Å². The topological polar surface area (TPSA) is 76.1 Å². The number of phenolic OH excluding ortho intramolecular Hbond substituents is 1. The van der Waals surface area contributed by atoms with Gasteiger partial charge in [-0.05, 0) is 69.2 Å². The number of likely N-dealkylation sites (tertiary alicyclic amines) is 1. The number of rotatable bonds is 6. The number of methoxy groups -OCH3 is 1. The summed E-state index contributed by atoms with van der Waals surface area (Å²) in [7, 11) is 1.55. The summed E-state index contributed by atoms with van der Waals surface area (Å²) in [6.45, 7) is 4.92. The Morgan fingerprint density at radius 2 is 1.62 bits per heavy atom. The first kappa shape index (κ1) is 20.7. The molecule has 1 heterocycles. The number of ketones is 1. The van der Waals surface area contributed by atoms with Gasteiger partial charge in [-0.2, -0.15) is 0 Å². The average Bonchev–Trinajstić information content (AvgIpc) is 2.73. The Hall–Kier alpha value is -3.02. The van der Waals surface area contributed by atoms with Crippen LogP contribution in [0.2, 0.25) is 0 Å². The molecule has 6 heteroatoms. The van der Waals surface area contributed by atoms with Crippen LogP contribution in [-0.4, -0.2) is 48.0 Å². The van der Waals surface area contributed by atoms with Crippen molar-refractivity contribution in [3.63, 3.8) is 0 Å².